The van der Waals surface area contributed by atoms with Crippen LogP contribution >= 0.6 is 11.3 Å². The van der Waals surface area contributed by atoms with Gasteiger partial charge < -0.3 is 10.4 Å². The molecule has 28 heavy (non-hydrogen) atoms. The summed E-state index contributed by atoms with van der Waals surface area (Å²) in [7, 11) is 0. The summed E-state index contributed by atoms with van der Waals surface area (Å²) in [5, 5.41) is 13.4. The molecule has 144 valence electrons. The molecule has 0 unspecified atom stereocenters. The van der Waals surface area contributed by atoms with Gasteiger partial charge >= 0.3 is 12.1 Å². The van der Waals surface area contributed by atoms with Crippen molar-refractivity contribution in [3.05, 3.63) is 76.4 Å². The van der Waals surface area contributed by atoms with E-state index in [2.05, 4.69) is 5.32 Å². The molecule has 0 radical (unpaired) electrons. The van der Waals surface area contributed by atoms with Crippen LogP contribution in [-0.4, -0.2) is 17.0 Å². The summed E-state index contributed by atoms with van der Waals surface area (Å²) in [6, 6.07) is 8.89. The molecule has 1 heterocycles. The second kappa shape index (κ2) is 7.43. The number of hydrogen-bond donors (Lipinski definition) is 2. The Morgan fingerprint density at radius 1 is 1.04 bits per heavy atom. The van der Waals surface area contributed by atoms with Gasteiger partial charge in [-0.1, -0.05) is 18.2 Å². The minimum atomic E-state index is -4.51. The molecule has 0 bridgehead atoms. The zero-order valence-electron chi connectivity index (χ0n) is 13.9. The van der Waals surface area contributed by atoms with Gasteiger partial charge in [0.15, 0.2) is 0 Å². The summed E-state index contributed by atoms with van der Waals surface area (Å²) in [5.74, 6) is -2.68. The molecule has 0 aliphatic heterocycles. The van der Waals surface area contributed by atoms with Crippen molar-refractivity contribution in [3.63, 3.8) is 0 Å². The van der Waals surface area contributed by atoms with E-state index in [1.165, 1.54) is 17.5 Å². The highest BCUT2D eigenvalue weighted by molar-refractivity contribution is 7.15. The van der Waals surface area contributed by atoms with Crippen molar-refractivity contribution < 1.29 is 32.3 Å². The number of carbonyl (C=O) groups is 2. The number of aromatic carboxylic acids is 1. The van der Waals surface area contributed by atoms with Crippen molar-refractivity contribution in [3.8, 4) is 11.1 Å². The largest absolute Gasteiger partial charge is 0.478 e. The van der Waals surface area contributed by atoms with Gasteiger partial charge in [0.1, 0.15) is 16.4 Å². The minimum absolute atomic E-state index is 0.000758. The van der Waals surface area contributed by atoms with E-state index in [1.807, 2.05) is 0 Å². The number of thiophene rings is 1. The van der Waals surface area contributed by atoms with Crippen LogP contribution in [0.4, 0.5) is 22.6 Å². The van der Waals surface area contributed by atoms with Gasteiger partial charge in [-0.2, -0.15) is 13.2 Å². The molecule has 2 aromatic carbocycles. The molecule has 0 atom stereocenters. The first-order valence-electron chi connectivity index (χ1n) is 7.76. The first-order valence-corrected chi connectivity index (χ1v) is 8.64. The number of amides is 1. The average Bonchev–Trinajstić information content (AvgIpc) is 3.05. The summed E-state index contributed by atoms with van der Waals surface area (Å²) < 4.78 is 51.4. The number of nitrogens with one attached hydrogen (secondary N) is 1. The van der Waals surface area contributed by atoms with E-state index >= 15 is 0 Å². The van der Waals surface area contributed by atoms with E-state index in [4.69, 9.17) is 0 Å². The first kappa shape index (κ1) is 19.6. The Morgan fingerprint density at radius 2 is 1.71 bits per heavy atom. The molecule has 0 aliphatic carbocycles. The fourth-order valence-corrected chi connectivity index (χ4v) is 3.47. The Labute approximate surface area is 160 Å². The van der Waals surface area contributed by atoms with Crippen LogP contribution in [0.15, 0.2) is 53.9 Å². The van der Waals surface area contributed by atoms with Crippen LogP contribution in [0.5, 0.6) is 0 Å². The van der Waals surface area contributed by atoms with Crippen molar-refractivity contribution in [2.45, 2.75) is 6.18 Å². The Kier molecular flexibility index (Phi) is 5.19. The van der Waals surface area contributed by atoms with Gasteiger partial charge in [0.2, 0.25) is 0 Å². The molecule has 2 N–H and O–H groups in total. The third kappa shape index (κ3) is 4.04. The Morgan fingerprint density at radius 3 is 2.29 bits per heavy atom. The fraction of sp³-hybridized carbons (Fsp3) is 0.0526. The van der Waals surface area contributed by atoms with Gasteiger partial charge in [0.05, 0.1) is 5.56 Å². The normalized spacial score (nSPS) is 11.3. The van der Waals surface area contributed by atoms with Gasteiger partial charge in [-0.3, -0.25) is 4.79 Å². The third-order valence-electron chi connectivity index (χ3n) is 3.84. The number of rotatable bonds is 4. The van der Waals surface area contributed by atoms with E-state index in [1.54, 1.807) is 0 Å². The number of carboxylic acid groups (broad SMARTS) is 1. The number of carbonyl (C=O) groups excluding carboxylic acids is 1. The molecule has 0 spiro atoms. The van der Waals surface area contributed by atoms with Gasteiger partial charge in [-0.15, -0.1) is 11.3 Å². The van der Waals surface area contributed by atoms with E-state index < -0.39 is 29.4 Å². The molecule has 0 saturated carbocycles. The SMILES string of the molecule is O=C(Nc1scc(-c2ccc(C(F)(F)F)cc2)c1C(=O)O)c1cccc(F)c1. The topological polar surface area (TPSA) is 66.4 Å². The van der Waals surface area contributed by atoms with Crippen molar-refractivity contribution >= 4 is 28.2 Å². The van der Waals surface area contributed by atoms with Crippen LogP contribution in [0.2, 0.25) is 0 Å². The number of anilines is 1. The number of carboxylic acids is 1. The lowest BCUT2D eigenvalue weighted by Gasteiger charge is -2.08. The standard InChI is InChI=1S/C19H11F4NO3S/c20-13-3-1-2-11(8-13)16(25)24-17-15(18(26)27)14(9-28-17)10-4-6-12(7-5-10)19(21,22)23/h1-9H,(H,24,25)(H,26,27). The highest BCUT2D eigenvalue weighted by atomic mass is 32.1. The van der Waals surface area contributed by atoms with Crippen LogP contribution < -0.4 is 5.32 Å². The molecule has 4 nitrogen and oxygen atoms in total. The second-order valence-corrected chi connectivity index (χ2v) is 6.58. The van der Waals surface area contributed by atoms with Crippen LogP contribution in [0, 0.1) is 5.82 Å². The second-order valence-electron chi connectivity index (χ2n) is 5.70. The average molecular weight is 409 g/mol. The molecule has 0 aliphatic rings. The first-order chi connectivity index (χ1) is 13.2. The lowest BCUT2D eigenvalue weighted by molar-refractivity contribution is -0.137. The summed E-state index contributed by atoms with van der Waals surface area (Å²) in [6.45, 7) is 0. The lowest BCUT2D eigenvalue weighted by Crippen LogP contribution is -2.13. The number of halogens is 4. The lowest BCUT2D eigenvalue weighted by atomic mass is 10.0. The highest BCUT2D eigenvalue weighted by Crippen LogP contribution is 2.37. The summed E-state index contributed by atoms with van der Waals surface area (Å²) in [6.07, 6.45) is -4.51. The minimum Gasteiger partial charge on any atom is -0.478 e. The zero-order valence-corrected chi connectivity index (χ0v) is 14.7. The molecule has 3 rings (SSSR count). The van der Waals surface area contributed by atoms with Gasteiger partial charge in [-0.05, 0) is 35.9 Å². The van der Waals surface area contributed by atoms with Gasteiger partial charge in [0.25, 0.3) is 5.91 Å². The maximum absolute atomic E-state index is 13.3. The predicted octanol–water partition coefficient (Wildman–Crippen LogP) is 5.52. The smallest absolute Gasteiger partial charge is 0.416 e. The Bertz CT molecular complexity index is 1040. The molecular weight excluding hydrogens is 398 g/mol. The van der Waals surface area contributed by atoms with Crippen LogP contribution in [0.25, 0.3) is 11.1 Å². The molecule has 1 amide bonds. The Balaban J connectivity index is 1.94. The maximum Gasteiger partial charge on any atom is 0.416 e. The van der Waals surface area contributed by atoms with Crippen molar-refractivity contribution in [2.24, 2.45) is 0 Å². The highest BCUT2D eigenvalue weighted by Gasteiger charge is 2.30. The molecule has 0 fully saturated rings. The fourth-order valence-electron chi connectivity index (χ4n) is 2.52. The van der Waals surface area contributed by atoms with Crippen LogP contribution in [0.3, 0.4) is 0 Å². The van der Waals surface area contributed by atoms with Crippen molar-refractivity contribution in [1.29, 1.82) is 0 Å². The van der Waals surface area contributed by atoms with E-state index in [-0.39, 0.29) is 27.3 Å². The Hall–Kier alpha value is -3.20. The molecule has 0 saturated heterocycles. The van der Waals surface area contributed by atoms with Gasteiger partial charge in [0, 0.05) is 16.5 Å². The number of hydrogen-bond acceptors (Lipinski definition) is 3. The monoisotopic (exact) mass is 409 g/mol. The number of alkyl halides is 3. The molecule has 3 aromatic rings. The predicted molar refractivity (Wildman–Crippen MR) is 96.1 cm³/mol. The zero-order chi connectivity index (χ0) is 20.5. The van der Waals surface area contributed by atoms with Crippen molar-refractivity contribution in [1.82, 2.24) is 0 Å². The quantitative estimate of drug-likeness (QED) is 0.558. The molecule has 9 heteroatoms. The van der Waals surface area contributed by atoms with Crippen LogP contribution in [-0.2, 0) is 6.18 Å². The molecule has 1 aromatic heterocycles. The van der Waals surface area contributed by atoms with E-state index in [0.717, 1.165) is 47.7 Å². The summed E-state index contributed by atoms with van der Waals surface area (Å²) in [4.78, 5) is 23.9. The van der Waals surface area contributed by atoms with E-state index in [0.29, 0.717) is 0 Å². The van der Waals surface area contributed by atoms with E-state index in [9.17, 15) is 32.3 Å². The number of benzene rings is 2. The third-order valence-corrected chi connectivity index (χ3v) is 4.74. The maximum atomic E-state index is 13.3. The summed E-state index contributed by atoms with van der Waals surface area (Å²) in [5.41, 5.74) is -0.688. The summed E-state index contributed by atoms with van der Waals surface area (Å²) >= 11 is 0.908. The molecular formula is C19H11F4NO3S. The van der Waals surface area contributed by atoms with Crippen molar-refractivity contribution in [2.75, 3.05) is 5.32 Å². The van der Waals surface area contributed by atoms with Crippen LogP contribution in [0.1, 0.15) is 26.3 Å². The van der Waals surface area contributed by atoms with Gasteiger partial charge in [-0.25, -0.2) is 9.18 Å².